The van der Waals surface area contributed by atoms with E-state index in [0.717, 1.165) is 29.6 Å². The first-order chi connectivity index (χ1) is 12.0. The summed E-state index contributed by atoms with van der Waals surface area (Å²) in [6.45, 7) is 4.10. The zero-order valence-corrected chi connectivity index (χ0v) is 14.1. The van der Waals surface area contributed by atoms with E-state index in [9.17, 15) is 9.59 Å². The number of carbonyl (C=O) groups excluding carboxylic acids is 1. The second kappa shape index (κ2) is 5.88. The van der Waals surface area contributed by atoms with Crippen LogP contribution >= 0.6 is 0 Å². The van der Waals surface area contributed by atoms with Crippen molar-refractivity contribution in [1.29, 1.82) is 0 Å². The summed E-state index contributed by atoms with van der Waals surface area (Å²) in [4.78, 5) is 27.0. The van der Waals surface area contributed by atoms with Crippen molar-refractivity contribution in [3.63, 3.8) is 0 Å². The van der Waals surface area contributed by atoms with Crippen molar-refractivity contribution < 1.29 is 9.32 Å². The zero-order chi connectivity index (χ0) is 17.6. The molecule has 128 valence electrons. The fourth-order valence-corrected chi connectivity index (χ4v) is 2.99. The summed E-state index contributed by atoms with van der Waals surface area (Å²) in [7, 11) is 0. The molecule has 0 radical (unpaired) electrons. The number of hydrogen-bond donors (Lipinski definition) is 2. The van der Waals surface area contributed by atoms with E-state index >= 15 is 0 Å². The summed E-state index contributed by atoms with van der Waals surface area (Å²) >= 11 is 0. The molecule has 1 saturated carbocycles. The van der Waals surface area contributed by atoms with Crippen molar-refractivity contribution in [2.45, 2.75) is 38.5 Å². The van der Waals surface area contributed by atoms with E-state index in [1.807, 2.05) is 26.0 Å². The van der Waals surface area contributed by atoms with Gasteiger partial charge in [-0.25, -0.2) is 0 Å². The summed E-state index contributed by atoms with van der Waals surface area (Å²) in [6, 6.07) is 8.83. The summed E-state index contributed by atoms with van der Waals surface area (Å²) in [5.74, 6) is 1.10. The van der Waals surface area contributed by atoms with Crippen molar-refractivity contribution >= 4 is 22.5 Å². The molecule has 6 heteroatoms. The van der Waals surface area contributed by atoms with Crippen LogP contribution in [0.15, 0.2) is 39.6 Å². The minimum atomic E-state index is -0.322. The number of hydrogen-bond acceptors (Lipinski definition) is 4. The van der Waals surface area contributed by atoms with Crippen LogP contribution in [0.2, 0.25) is 0 Å². The molecule has 1 aliphatic carbocycles. The molecule has 4 rings (SSSR count). The lowest BCUT2D eigenvalue weighted by molar-refractivity contribution is 0.101. The van der Waals surface area contributed by atoms with E-state index in [1.54, 1.807) is 18.2 Å². The molecule has 6 nitrogen and oxygen atoms in total. The van der Waals surface area contributed by atoms with Crippen LogP contribution in [0.1, 0.15) is 60.3 Å². The molecule has 2 heterocycles. The van der Waals surface area contributed by atoms with Gasteiger partial charge < -0.3 is 14.8 Å². The Morgan fingerprint density at radius 1 is 1.28 bits per heavy atom. The second-order valence-corrected chi connectivity index (χ2v) is 6.85. The van der Waals surface area contributed by atoms with Gasteiger partial charge in [-0.05, 0) is 36.5 Å². The second-order valence-electron chi connectivity index (χ2n) is 6.85. The minimum absolute atomic E-state index is 0.148. The highest BCUT2D eigenvalue weighted by molar-refractivity contribution is 6.03. The number of nitrogens with zero attached hydrogens (tertiary/aromatic N) is 1. The predicted molar refractivity (Wildman–Crippen MR) is 95.1 cm³/mol. The molecule has 0 aliphatic heterocycles. The Bertz CT molecular complexity index is 1010. The third-order valence-electron chi connectivity index (χ3n) is 4.50. The number of H-pyrrole nitrogens is 1. The molecule has 0 saturated heterocycles. The smallest absolute Gasteiger partial charge is 0.277 e. The normalized spacial score (nSPS) is 14.2. The molecule has 0 atom stereocenters. The quantitative estimate of drug-likeness (QED) is 0.758. The maximum Gasteiger partial charge on any atom is 0.277 e. The molecule has 1 fully saturated rings. The van der Waals surface area contributed by atoms with E-state index in [1.165, 1.54) is 0 Å². The number of benzene rings is 1. The van der Waals surface area contributed by atoms with Crippen LogP contribution in [0.3, 0.4) is 0 Å². The summed E-state index contributed by atoms with van der Waals surface area (Å²) < 4.78 is 5.22. The lowest BCUT2D eigenvalue weighted by Crippen LogP contribution is -2.13. The van der Waals surface area contributed by atoms with Crippen molar-refractivity contribution in [2.75, 3.05) is 5.32 Å². The molecule has 25 heavy (non-hydrogen) atoms. The number of fused-ring (bicyclic) bond motifs is 1. The van der Waals surface area contributed by atoms with Crippen LogP contribution in [0.4, 0.5) is 5.69 Å². The van der Waals surface area contributed by atoms with Gasteiger partial charge in [-0.1, -0.05) is 25.1 Å². The molecular weight excluding hydrogens is 318 g/mol. The van der Waals surface area contributed by atoms with Gasteiger partial charge in [-0.3, -0.25) is 9.59 Å². The molecule has 0 unspecified atom stereocenters. The number of nitrogens with one attached hydrogen (secondary N) is 2. The van der Waals surface area contributed by atoms with Crippen LogP contribution in [-0.4, -0.2) is 16.0 Å². The molecule has 0 spiro atoms. The first-order valence-corrected chi connectivity index (χ1v) is 8.46. The maximum absolute atomic E-state index is 12.3. The van der Waals surface area contributed by atoms with Gasteiger partial charge in [0.2, 0.25) is 5.56 Å². The van der Waals surface area contributed by atoms with E-state index in [-0.39, 0.29) is 23.1 Å². The van der Waals surface area contributed by atoms with E-state index < -0.39 is 0 Å². The highest BCUT2D eigenvalue weighted by Crippen LogP contribution is 2.40. The van der Waals surface area contributed by atoms with Gasteiger partial charge in [-0.15, -0.1) is 0 Å². The average molecular weight is 337 g/mol. The van der Waals surface area contributed by atoms with Crippen molar-refractivity contribution in [3.8, 4) is 0 Å². The number of aromatic amines is 1. The third kappa shape index (κ3) is 3.07. The van der Waals surface area contributed by atoms with Crippen molar-refractivity contribution in [1.82, 2.24) is 10.1 Å². The lowest BCUT2D eigenvalue weighted by Gasteiger charge is -2.11. The number of pyridine rings is 1. The summed E-state index contributed by atoms with van der Waals surface area (Å²) in [6.07, 6.45) is 2.18. The first kappa shape index (κ1) is 15.6. The van der Waals surface area contributed by atoms with Crippen LogP contribution in [0.25, 0.3) is 10.9 Å². The lowest BCUT2D eigenvalue weighted by atomic mass is 9.99. The number of amides is 1. The summed E-state index contributed by atoms with van der Waals surface area (Å²) in [5.41, 5.74) is 2.41. The molecule has 1 aliphatic rings. The van der Waals surface area contributed by atoms with Gasteiger partial charge in [-0.2, -0.15) is 0 Å². The summed E-state index contributed by atoms with van der Waals surface area (Å²) in [5, 5.41) is 7.63. The Morgan fingerprint density at radius 3 is 2.80 bits per heavy atom. The maximum atomic E-state index is 12.3. The fraction of sp³-hybridized carbons (Fsp3) is 0.316. The van der Waals surface area contributed by atoms with Gasteiger partial charge in [0.15, 0.2) is 5.69 Å². The third-order valence-corrected chi connectivity index (χ3v) is 4.50. The molecule has 1 aromatic carbocycles. The topological polar surface area (TPSA) is 88.0 Å². The largest absolute Gasteiger partial charge is 0.360 e. The molecule has 2 aromatic heterocycles. The van der Waals surface area contributed by atoms with Gasteiger partial charge in [0.05, 0.1) is 5.52 Å². The van der Waals surface area contributed by atoms with Gasteiger partial charge in [0.25, 0.3) is 5.91 Å². The Morgan fingerprint density at radius 2 is 2.08 bits per heavy atom. The minimum Gasteiger partial charge on any atom is -0.360 e. The first-order valence-electron chi connectivity index (χ1n) is 8.46. The zero-order valence-electron chi connectivity index (χ0n) is 14.1. The molecular formula is C19H19N3O3. The van der Waals surface area contributed by atoms with E-state index in [4.69, 9.17) is 4.52 Å². The van der Waals surface area contributed by atoms with Gasteiger partial charge in [0.1, 0.15) is 5.76 Å². The van der Waals surface area contributed by atoms with Crippen LogP contribution in [-0.2, 0) is 0 Å². The van der Waals surface area contributed by atoms with Crippen LogP contribution < -0.4 is 10.9 Å². The van der Waals surface area contributed by atoms with Crippen LogP contribution in [0, 0.1) is 0 Å². The highest BCUT2D eigenvalue weighted by atomic mass is 16.5. The molecule has 3 aromatic rings. The number of rotatable bonds is 4. The average Bonchev–Trinajstić information content (AvgIpc) is 3.30. The van der Waals surface area contributed by atoms with E-state index in [0.29, 0.717) is 17.1 Å². The number of anilines is 1. The number of carbonyl (C=O) groups is 1. The molecule has 2 N–H and O–H groups in total. The SMILES string of the molecule is CC(C)c1cc(=O)[nH]c2cc(NC(=O)c3cc(C4CC4)on3)ccc12. The highest BCUT2D eigenvalue weighted by Gasteiger charge is 2.28. The van der Waals surface area contributed by atoms with E-state index in [2.05, 4.69) is 15.5 Å². The van der Waals surface area contributed by atoms with Gasteiger partial charge in [0, 0.05) is 29.1 Å². The predicted octanol–water partition coefficient (Wildman–Crippen LogP) is 3.77. The van der Waals surface area contributed by atoms with Gasteiger partial charge >= 0.3 is 0 Å². The Labute approximate surface area is 144 Å². The Kier molecular flexibility index (Phi) is 3.67. The monoisotopic (exact) mass is 337 g/mol. The number of aromatic nitrogens is 2. The molecule has 1 amide bonds. The molecule has 0 bridgehead atoms. The van der Waals surface area contributed by atoms with Crippen molar-refractivity contribution in [2.24, 2.45) is 0 Å². The van der Waals surface area contributed by atoms with Crippen molar-refractivity contribution in [3.05, 3.63) is 57.7 Å². The van der Waals surface area contributed by atoms with Crippen LogP contribution in [0.5, 0.6) is 0 Å². The fourth-order valence-electron chi connectivity index (χ4n) is 2.99. The Balaban J connectivity index is 1.62. The standard InChI is InChI=1S/C19H19N3O3/c1-10(2)14-8-18(23)21-15-7-12(5-6-13(14)15)20-19(24)16-9-17(25-22-16)11-3-4-11/h5-11H,3-4H2,1-2H3,(H,20,24)(H,21,23). The Hall–Kier alpha value is -2.89.